The van der Waals surface area contributed by atoms with Gasteiger partial charge in [0.15, 0.2) is 0 Å². The molecule has 0 spiro atoms. The Morgan fingerprint density at radius 1 is 0.947 bits per heavy atom. The van der Waals surface area contributed by atoms with Crippen LogP contribution in [0.2, 0.25) is 0 Å². The number of nitrogens with one attached hydrogen (secondary N) is 1. The molecule has 3 aromatic rings. The zero-order chi connectivity index (χ0) is 27.9. The molecule has 1 N–H and O–H groups in total. The molecule has 9 heteroatoms. The lowest BCUT2D eigenvalue weighted by Gasteiger charge is -2.32. The van der Waals surface area contributed by atoms with Gasteiger partial charge in [-0.05, 0) is 74.7 Å². The SMILES string of the molecule is CC[C@H](C)NC(=O)[C@H](C)N(Cc1cccc(Br)c1)C(=O)CN(c1cccc(C)c1)S(=O)(=O)c1ccccc1. The number of anilines is 1. The number of sulfonamides is 1. The van der Waals surface area contributed by atoms with Crippen LogP contribution in [0.4, 0.5) is 5.69 Å². The van der Waals surface area contributed by atoms with Gasteiger partial charge in [-0.25, -0.2) is 8.42 Å². The van der Waals surface area contributed by atoms with E-state index in [9.17, 15) is 18.0 Å². The Balaban J connectivity index is 2.02. The normalized spacial score (nSPS) is 12.9. The third kappa shape index (κ3) is 7.45. The minimum Gasteiger partial charge on any atom is -0.352 e. The zero-order valence-electron chi connectivity index (χ0n) is 22.1. The third-order valence-corrected chi connectivity index (χ3v) is 8.59. The Morgan fingerprint density at radius 2 is 1.63 bits per heavy atom. The quantitative estimate of drug-likeness (QED) is 0.324. The molecule has 2 amide bonds. The van der Waals surface area contributed by atoms with E-state index >= 15 is 0 Å². The van der Waals surface area contributed by atoms with Crippen molar-refractivity contribution in [3.05, 3.63) is 94.5 Å². The van der Waals surface area contributed by atoms with Gasteiger partial charge in [-0.15, -0.1) is 0 Å². The van der Waals surface area contributed by atoms with E-state index in [-0.39, 0.29) is 23.4 Å². The average molecular weight is 601 g/mol. The summed E-state index contributed by atoms with van der Waals surface area (Å²) in [6.07, 6.45) is 0.745. The summed E-state index contributed by atoms with van der Waals surface area (Å²) < 4.78 is 29.5. The number of hydrogen-bond donors (Lipinski definition) is 1. The maximum Gasteiger partial charge on any atom is 0.264 e. The molecule has 0 aliphatic carbocycles. The number of benzene rings is 3. The van der Waals surface area contributed by atoms with E-state index in [0.717, 1.165) is 26.3 Å². The molecule has 2 atom stereocenters. The summed E-state index contributed by atoms with van der Waals surface area (Å²) in [6, 6.07) is 21.6. The topological polar surface area (TPSA) is 86.8 Å². The number of carbonyl (C=O) groups is 2. The van der Waals surface area contributed by atoms with Gasteiger partial charge in [-0.2, -0.15) is 0 Å². The number of hydrogen-bond acceptors (Lipinski definition) is 4. The zero-order valence-corrected chi connectivity index (χ0v) is 24.5. The summed E-state index contributed by atoms with van der Waals surface area (Å²) in [4.78, 5) is 28.5. The fourth-order valence-corrected chi connectivity index (χ4v) is 5.79. The number of carbonyl (C=O) groups excluding carboxylic acids is 2. The highest BCUT2D eigenvalue weighted by atomic mass is 79.9. The van der Waals surface area contributed by atoms with Crippen LogP contribution in [-0.4, -0.2) is 43.8 Å². The highest BCUT2D eigenvalue weighted by Gasteiger charge is 2.32. The fourth-order valence-electron chi connectivity index (χ4n) is 3.91. The van der Waals surface area contributed by atoms with Crippen LogP contribution in [0.1, 0.15) is 38.3 Å². The monoisotopic (exact) mass is 599 g/mol. The van der Waals surface area contributed by atoms with Crippen molar-refractivity contribution < 1.29 is 18.0 Å². The molecule has 38 heavy (non-hydrogen) atoms. The lowest BCUT2D eigenvalue weighted by molar-refractivity contribution is -0.139. The minimum atomic E-state index is -4.07. The second-order valence-electron chi connectivity index (χ2n) is 9.31. The second kappa shape index (κ2) is 13.1. The molecule has 202 valence electrons. The first-order valence-corrected chi connectivity index (χ1v) is 14.7. The van der Waals surface area contributed by atoms with Crippen LogP contribution in [0.15, 0.2) is 88.2 Å². The predicted octanol–water partition coefficient (Wildman–Crippen LogP) is 5.28. The van der Waals surface area contributed by atoms with Crippen molar-refractivity contribution in [3.8, 4) is 0 Å². The molecule has 0 saturated heterocycles. The van der Waals surface area contributed by atoms with E-state index in [0.29, 0.717) is 5.69 Å². The van der Waals surface area contributed by atoms with Gasteiger partial charge in [0.2, 0.25) is 11.8 Å². The molecule has 0 bridgehead atoms. The van der Waals surface area contributed by atoms with Gasteiger partial charge in [-0.1, -0.05) is 65.3 Å². The molecule has 0 aromatic heterocycles. The van der Waals surface area contributed by atoms with Gasteiger partial charge < -0.3 is 10.2 Å². The molecule has 3 aromatic carbocycles. The Hall–Kier alpha value is -3.17. The van der Waals surface area contributed by atoms with Crippen LogP contribution in [-0.2, 0) is 26.2 Å². The standard InChI is InChI=1S/C29H34BrN3O4S/c1-5-22(3)31-29(35)23(4)32(19-24-12-10-13-25(30)18-24)28(34)20-33(26-14-9-11-21(2)17-26)38(36,37)27-15-7-6-8-16-27/h6-18,22-23H,5,19-20H2,1-4H3,(H,31,35)/t22-,23-/m0/s1. The third-order valence-electron chi connectivity index (χ3n) is 6.31. The second-order valence-corrected chi connectivity index (χ2v) is 12.1. The number of halogens is 1. The molecular weight excluding hydrogens is 566 g/mol. The van der Waals surface area contributed by atoms with Gasteiger partial charge in [-0.3, -0.25) is 13.9 Å². The summed E-state index contributed by atoms with van der Waals surface area (Å²) in [6.45, 7) is 7.07. The summed E-state index contributed by atoms with van der Waals surface area (Å²) in [5, 5.41) is 2.94. The van der Waals surface area contributed by atoms with E-state index in [2.05, 4.69) is 21.2 Å². The number of nitrogens with zero attached hydrogens (tertiary/aromatic N) is 2. The first-order valence-electron chi connectivity index (χ1n) is 12.5. The van der Waals surface area contributed by atoms with Crippen molar-refractivity contribution in [2.45, 2.75) is 57.6 Å². The van der Waals surface area contributed by atoms with Crippen molar-refractivity contribution in [2.24, 2.45) is 0 Å². The molecule has 0 unspecified atom stereocenters. The average Bonchev–Trinajstić information content (AvgIpc) is 2.90. The highest BCUT2D eigenvalue weighted by molar-refractivity contribution is 9.10. The van der Waals surface area contributed by atoms with E-state index in [1.165, 1.54) is 17.0 Å². The molecule has 0 aliphatic rings. The van der Waals surface area contributed by atoms with Crippen molar-refractivity contribution in [3.63, 3.8) is 0 Å². The van der Waals surface area contributed by atoms with Crippen LogP contribution in [0, 0.1) is 6.92 Å². The van der Waals surface area contributed by atoms with E-state index in [4.69, 9.17) is 0 Å². The van der Waals surface area contributed by atoms with Crippen molar-refractivity contribution in [1.82, 2.24) is 10.2 Å². The lowest BCUT2D eigenvalue weighted by Crippen LogP contribution is -2.52. The molecule has 0 saturated carbocycles. The van der Waals surface area contributed by atoms with Crippen LogP contribution in [0.5, 0.6) is 0 Å². The van der Waals surface area contributed by atoms with Crippen molar-refractivity contribution in [2.75, 3.05) is 10.8 Å². The van der Waals surface area contributed by atoms with Crippen molar-refractivity contribution >= 4 is 43.5 Å². The van der Waals surface area contributed by atoms with Gasteiger partial charge in [0.05, 0.1) is 10.6 Å². The van der Waals surface area contributed by atoms with E-state index in [1.807, 2.05) is 51.1 Å². The van der Waals surface area contributed by atoms with E-state index in [1.54, 1.807) is 43.3 Å². The largest absolute Gasteiger partial charge is 0.352 e. The molecule has 0 fully saturated rings. The summed E-state index contributed by atoms with van der Waals surface area (Å²) in [7, 11) is -4.07. The Kier molecular flexibility index (Phi) is 10.1. The first-order chi connectivity index (χ1) is 18.0. The number of rotatable bonds is 11. The van der Waals surface area contributed by atoms with Gasteiger partial charge in [0, 0.05) is 17.1 Å². The van der Waals surface area contributed by atoms with Crippen LogP contribution in [0.3, 0.4) is 0 Å². The summed E-state index contributed by atoms with van der Waals surface area (Å²) in [5.74, 6) is -0.784. The lowest BCUT2D eigenvalue weighted by atomic mass is 10.1. The molecular formula is C29H34BrN3O4S. The molecule has 0 aliphatic heterocycles. The van der Waals surface area contributed by atoms with Crippen LogP contribution < -0.4 is 9.62 Å². The van der Waals surface area contributed by atoms with Gasteiger partial charge in [0.25, 0.3) is 10.0 Å². The van der Waals surface area contributed by atoms with Gasteiger partial charge in [0.1, 0.15) is 12.6 Å². The maximum atomic E-state index is 13.9. The Bertz CT molecular complexity index is 1370. The van der Waals surface area contributed by atoms with E-state index < -0.39 is 28.5 Å². The molecule has 7 nitrogen and oxygen atoms in total. The smallest absolute Gasteiger partial charge is 0.264 e. The van der Waals surface area contributed by atoms with Crippen LogP contribution >= 0.6 is 15.9 Å². The number of amides is 2. The first kappa shape index (κ1) is 29.4. The highest BCUT2D eigenvalue weighted by Crippen LogP contribution is 2.25. The fraction of sp³-hybridized carbons (Fsp3) is 0.310. The van der Waals surface area contributed by atoms with Gasteiger partial charge >= 0.3 is 0 Å². The van der Waals surface area contributed by atoms with Crippen molar-refractivity contribution in [1.29, 1.82) is 0 Å². The predicted molar refractivity (Wildman–Crippen MR) is 154 cm³/mol. The molecule has 0 heterocycles. The Morgan fingerprint density at radius 3 is 2.26 bits per heavy atom. The maximum absolute atomic E-state index is 13.9. The van der Waals surface area contributed by atoms with Crippen LogP contribution in [0.25, 0.3) is 0 Å². The minimum absolute atomic E-state index is 0.0602. The molecule has 0 radical (unpaired) electrons. The summed E-state index contributed by atoms with van der Waals surface area (Å²) in [5.41, 5.74) is 2.04. The Labute approximate surface area is 234 Å². The summed E-state index contributed by atoms with van der Waals surface area (Å²) >= 11 is 3.46. The molecule has 3 rings (SSSR count). The number of aryl methyl sites for hydroxylation is 1.